The van der Waals surface area contributed by atoms with Crippen LogP contribution in [0.15, 0.2) is 0 Å². The van der Waals surface area contributed by atoms with E-state index < -0.39 is 43.9 Å². The average Bonchev–Trinajstić information content (AvgIpc) is 2.21. The van der Waals surface area contributed by atoms with E-state index in [4.69, 9.17) is 21.1 Å². The lowest BCUT2D eigenvalue weighted by Crippen LogP contribution is -2.47. The second-order valence-corrected chi connectivity index (χ2v) is 10.2. The minimum Gasteiger partial charge on any atom is -0.458 e. The van der Waals surface area contributed by atoms with Crippen LogP contribution >= 0.6 is 11.6 Å². The molecule has 0 saturated heterocycles. The third-order valence-corrected chi connectivity index (χ3v) is 4.54. The van der Waals surface area contributed by atoms with Gasteiger partial charge in [0.1, 0.15) is 22.0 Å². The maximum atomic E-state index is 12.2. The van der Waals surface area contributed by atoms with Gasteiger partial charge in [-0.3, -0.25) is 0 Å². The molecule has 1 unspecified atom stereocenters. The summed E-state index contributed by atoms with van der Waals surface area (Å²) in [4.78, 5) is 24.0. The molecule has 7 nitrogen and oxygen atoms in total. The molecule has 136 valence electrons. The minimum absolute atomic E-state index is 0.325. The Morgan fingerprint density at radius 2 is 1.48 bits per heavy atom. The van der Waals surface area contributed by atoms with Gasteiger partial charge >= 0.3 is 12.1 Å². The largest absolute Gasteiger partial charge is 0.458 e. The number of hydrogen-bond acceptors (Lipinski definition) is 6. The fourth-order valence-electron chi connectivity index (χ4n) is 1.40. The Bertz CT molecular complexity index is 532. The second kappa shape index (κ2) is 7.70. The molecule has 0 aliphatic heterocycles. The lowest BCUT2D eigenvalue weighted by Gasteiger charge is -2.26. The van der Waals surface area contributed by atoms with Crippen molar-refractivity contribution >= 4 is 33.5 Å². The van der Waals surface area contributed by atoms with Crippen LogP contribution in [0.3, 0.4) is 0 Å². The van der Waals surface area contributed by atoms with Crippen molar-refractivity contribution in [2.75, 3.05) is 6.26 Å². The van der Waals surface area contributed by atoms with Gasteiger partial charge in [0, 0.05) is 12.7 Å². The molecule has 0 rings (SSSR count). The van der Waals surface area contributed by atoms with E-state index in [2.05, 4.69) is 5.32 Å². The number of amides is 1. The Kier molecular flexibility index (Phi) is 7.36. The molecular weight excluding hydrogens is 346 g/mol. The highest BCUT2D eigenvalue weighted by molar-refractivity contribution is 7.92. The third-order valence-electron chi connectivity index (χ3n) is 2.27. The topological polar surface area (TPSA) is 98.8 Å². The summed E-state index contributed by atoms with van der Waals surface area (Å²) >= 11 is 5.80. The number of carbonyl (C=O) groups is 2. The fourth-order valence-corrected chi connectivity index (χ4v) is 2.12. The number of sulfone groups is 1. The molecule has 0 spiro atoms. The van der Waals surface area contributed by atoms with Crippen molar-refractivity contribution in [2.24, 2.45) is 0 Å². The summed E-state index contributed by atoms with van der Waals surface area (Å²) in [6.45, 7) is 9.96. The Balaban J connectivity index is 5.15. The molecule has 0 aliphatic carbocycles. The van der Waals surface area contributed by atoms with Crippen molar-refractivity contribution in [3.05, 3.63) is 0 Å². The van der Waals surface area contributed by atoms with E-state index in [-0.39, 0.29) is 6.42 Å². The molecule has 0 aliphatic rings. The van der Waals surface area contributed by atoms with Crippen LogP contribution in [0.25, 0.3) is 0 Å². The first-order valence-corrected chi connectivity index (χ1v) is 9.46. The molecule has 9 heteroatoms. The molecule has 0 fully saturated rings. The fraction of sp³-hybridized carbons (Fsp3) is 0.857. The van der Waals surface area contributed by atoms with Gasteiger partial charge in [0.15, 0.2) is 9.84 Å². The quantitative estimate of drug-likeness (QED) is 0.587. The van der Waals surface area contributed by atoms with Crippen LogP contribution in [0, 0.1) is 0 Å². The first-order valence-electron chi connectivity index (χ1n) is 7.06. The van der Waals surface area contributed by atoms with Gasteiger partial charge in [0.2, 0.25) is 0 Å². The van der Waals surface area contributed by atoms with Crippen LogP contribution in [0.5, 0.6) is 0 Å². The number of halogens is 1. The molecular formula is C14H26ClNO6S. The van der Waals surface area contributed by atoms with Gasteiger partial charge < -0.3 is 14.8 Å². The summed E-state index contributed by atoms with van der Waals surface area (Å²) in [7, 11) is -3.58. The van der Waals surface area contributed by atoms with Crippen LogP contribution in [0.4, 0.5) is 4.79 Å². The molecule has 2 atom stereocenters. The molecule has 0 aromatic rings. The number of ether oxygens (including phenoxy) is 2. The van der Waals surface area contributed by atoms with Crippen LogP contribution in [-0.2, 0) is 24.1 Å². The first-order chi connectivity index (χ1) is 10.0. The zero-order valence-electron chi connectivity index (χ0n) is 14.6. The van der Waals surface area contributed by atoms with Crippen molar-refractivity contribution in [1.82, 2.24) is 5.32 Å². The second-order valence-electron chi connectivity index (χ2n) is 7.21. The zero-order valence-corrected chi connectivity index (χ0v) is 16.2. The maximum absolute atomic E-state index is 12.2. The summed E-state index contributed by atoms with van der Waals surface area (Å²) in [5.74, 6) is -0.780. The van der Waals surface area contributed by atoms with Gasteiger partial charge in [-0.25, -0.2) is 18.0 Å². The van der Waals surface area contributed by atoms with E-state index in [9.17, 15) is 18.0 Å². The van der Waals surface area contributed by atoms with Gasteiger partial charge in [0.05, 0.1) is 0 Å². The summed E-state index contributed by atoms with van der Waals surface area (Å²) < 4.78 is 31.8. The van der Waals surface area contributed by atoms with E-state index in [0.717, 1.165) is 6.26 Å². The van der Waals surface area contributed by atoms with Crippen LogP contribution < -0.4 is 5.32 Å². The molecule has 0 radical (unpaired) electrons. The average molecular weight is 372 g/mol. The normalized spacial score (nSPS) is 15.5. The van der Waals surface area contributed by atoms with E-state index in [0.29, 0.717) is 0 Å². The number of esters is 1. The Hall–Kier alpha value is -1.02. The van der Waals surface area contributed by atoms with E-state index in [1.54, 1.807) is 41.5 Å². The van der Waals surface area contributed by atoms with Crippen LogP contribution in [-0.4, -0.2) is 48.7 Å². The third kappa shape index (κ3) is 10.4. The van der Waals surface area contributed by atoms with Crippen LogP contribution in [0.1, 0.15) is 48.0 Å². The van der Waals surface area contributed by atoms with Crippen molar-refractivity contribution in [3.8, 4) is 0 Å². The number of hydrogen-bond donors (Lipinski definition) is 1. The molecule has 1 amide bonds. The monoisotopic (exact) mass is 371 g/mol. The SMILES string of the molecule is CC(C)(C)OC(=O)N[C@@H](CC(Cl)S(C)(=O)=O)C(=O)OC(C)(C)C. The van der Waals surface area contributed by atoms with Gasteiger partial charge in [-0.05, 0) is 41.5 Å². The highest BCUT2D eigenvalue weighted by Gasteiger charge is 2.33. The van der Waals surface area contributed by atoms with E-state index in [1.165, 1.54) is 0 Å². The minimum atomic E-state index is -3.58. The molecule has 0 saturated carbocycles. The number of rotatable bonds is 5. The first kappa shape index (κ1) is 22.0. The van der Waals surface area contributed by atoms with Crippen molar-refractivity contribution in [2.45, 2.75) is 69.9 Å². The predicted molar refractivity (Wildman–Crippen MR) is 88.1 cm³/mol. The van der Waals surface area contributed by atoms with Crippen molar-refractivity contribution in [3.63, 3.8) is 0 Å². The Morgan fingerprint density at radius 1 is 1.04 bits per heavy atom. The van der Waals surface area contributed by atoms with Gasteiger partial charge in [-0.2, -0.15) is 0 Å². The zero-order chi connectivity index (χ0) is 18.6. The van der Waals surface area contributed by atoms with Crippen molar-refractivity contribution < 1.29 is 27.5 Å². The molecule has 0 heterocycles. The van der Waals surface area contributed by atoms with Gasteiger partial charge in [-0.1, -0.05) is 0 Å². The maximum Gasteiger partial charge on any atom is 0.408 e. The molecule has 1 N–H and O–H groups in total. The Morgan fingerprint density at radius 3 is 1.83 bits per heavy atom. The van der Waals surface area contributed by atoms with Gasteiger partial charge in [0.25, 0.3) is 0 Å². The van der Waals surface area contributed by atoms with E-state index >= 15 is 0 Å². The smallest absolute Gasteiger partial charge is 0.408 e. The summed E-state index contributed by atoms with van der Waals surface area (Å²) in [5, 5.41) is 2.31. The van der Waals surface area contributed by atoms with Crippen LogP contribution in [0.2, 0.25) is 0 Å². The van der Waals surface area contributed by atoms with Crippen molar-refractivity contribution in [1.29, 1.82) is 0 Å². The van der Waals surface area contributed by atoms with Gasteiger partial charge in [-0.15, -0.1) is 11.6 Å². The molecule has 0 aromatic heterocycles. The lowest BCUT2D eigenvalue weighted by molar-refractivity contribution is -0.157. The molecule has 0 bridgehead atoms. The summed E-state index contributed by atoms with van der Waals surface area (Å²) in [5.41, 5.74) is -1.56. The van der Waals surface area contributed by atoms with E-state index in [1.807, 2.05) is 0 Å². The highest BCUT2D eigenvalue weighted by atomic mass is 35.5. The molecule has 23 heavy (non-hydrogen) atoms. The highest BCUT2D eigenvalue weighted by Crippen LogP contribution is 2.17. The standard InChI is InChI=1S/C14H26ClNO6S/c1-13(2,3)21-11(17)9(8-10(15)23(7,19)20)16-12(18)22-14(4,5)6/h9-10H,8H2,1-7H3,(H,16,18)/t9-,10?/m0/s1. The summed E-state index contributed by atoms with van der Waals surface area (Å²) in [6, 6.07) is -1.23. The lowest BCUT2D eigenvalue weighted by atomic mass is 10.1. The number of nitrogens with one attached hydrogen (secondary N) is 1. The predicted octanol–water partition coefficient (Wildman–Crippen LogP) is 2.22. The summed E-state index contributed by atoms with van der Waals surface area (Å²) in [6.07, 6.45) is -0.232. The number of carbonyl (C=O) groups excluding carboxylic acids is 2. The number of alkyl carbamates (subject to hydrolysis) is 1. The Labute approximate surface area is 143 Å². The number of alkyl halides is 1. The molecule has 0 aromatic carbocycles.